The van der Waals surface area contributed by atoms with Gasteiger partial charge in [-0.3, -0.25) is 4.79 Å². The Labute approximate surface area is 120 Å². The minimum Gasteiger partial charge on any atom is -0.437 e. The molecule has 0 unspecified atom stereocenters. The van der Waals surface area contributed by atoms with Crippen molar-refractivity contribution in [1.82, 2.24) is 9.97 Å². The molecular weight excluding hydrogens is 268 g/mol. The molecule has 0 saturated carbocycles. The van der Waals surface area contributed by atoms with Gasteiger partial charge in [0, 0.05) is 5.69 Å². The molecule has 0 fully saturated rings. The SMILES string of the molecule is NC(=O)c1ccccc1Oc1ncnc2ccc(N)cc12. The molecule has 21 heavy (non-hydrogen) atoms. The van der Waals surface area contributed by atoms with Gasteiger partial charge in [0.05, 0.1) is 16.5 Å². The van der Waals surface area contributed by atoms with Crippen molar-refractivity contribution in [2.24, 2.45) is 5.73 Å². The highest BCUT2D eigenvalue weighted by atomic mass is 16.5. The number of rotatable bonds is 3. The second kappa shape index (κ2) is 5.09. The number of para-hydroxylation sites is 1. The Hall–Kier alpha value is -3.15. The van der Waals surface area contributed by atoms with E-state index in [-0.39, 0.29) is 5.56 Å². The number of fused-ring (bicyclic) bond motifs is 1. The molecule has 0 spiro atoms. The van der Waals surface area contributed by atoms with Gasteiger partial charge in [-0.15, -0.1) is 0 Å². The van der Waals surface area contributed by atoms with E-state index in [1.165, 1.54) is 6.33 Å². The van der Waals surface area contributed by atoms with Gasteiger partial charge < -0.3 is 16.2 Å². The average molecular weight is 280 g/mol. The summed E-state index contributed by atoms with van der Waals surface area (Å²) in [7, 11) is 0. The summed E-state index contributed by atoms with van der Waals surface area (Å²) in [4.78, 5) is 19.7. The van der Waals surface area contributed by atoms with Gasteiger partial charge in [0.25, 0.3) is 5.91 Å². The summed E-state index contributed by atoms with van der Waals surface area (Å²) < 4.78 is 5.73. The monoisotopic (exact) mass is 280 g/mol. The highest BCUT2D eigenvalue weighted by Crippen LogP contribution is 2.29. The Morgan fingerprint density at radius 2 is 1.90 bits per heavy atom. The van der Waals surface area contributed by atoms with Gasteiger partial charge in [0.2, 0.25) is 5.88 Å². The number of hydrogen-bond acceptors (Lipinski definition) is 5. The molecule has 0 atom stereocenters. The molecule has 1 aromatic heterocycles. The predicted molar refractivity (Wildman–Crippen MR) is 79.0 cm³/mol. The summed E-state index contributed by atoms with van der Waals surface area (Å²) in [5.74, 6) is 0.0944. The van der Waals surface area contributed by atoms with Crippen LogP contribution in [0.5, 0.6) is 11.6 Å². The van der Waals surface area contributed by atoms with Gasteiger partial charge in [-0.25, -0.2) is 9.97 Å². The van der Waals surface area contributed by atoms with Crippen LogP contribution in [0.15, 0.2) is 48.8 Å². The number of amides is 1. The third-order valence-electron chi connectivity index (χ3n) is 2.98. The lowest BCUT2D eigenvalue weighted by molar-refractivity contribution is 0.0998. The molecule has 3 aromatic rings. The topological polar surface area (TPSA) is 104 Å². The quantitative estimate of drug-likeness (QED) is 0.715. The zero-order valence-corrected chi connectivity index (χ0v) is 11.0. The van der Waals surface area contributed by atoms with E-state index in [2.05, 4.69) is 9.97 Å². The number of primary amides is 1. The highest BCUT2D eigenvalue weighted by molar-refractivity contribution is 5.96. The molecule has 104 valence electrons. The van der Waals surface area contributed by atoms with Crippen LogP contribution in [0.4, 0.5) is 5.69 Å². The Morgan fingerprint density at radius 3 is 2.71 bits per heavy atom. The van der Waals surface area contributed by atoms with Crippen molar-refractivity contribution >= 4 is 22.5 Å². The maximum Gasteiger partial charge on any atom is 0.252 e. The van der Waals surface area contributed by atoms with E-state index >= 15 is 0 Å². The summed E-state index contributed by atoms with van der Waals surface area (Å²) in [5.41, 5.74) is 12.7. The number of carbonyl (C=O) groups excluding carboxylic acids is 1. The van der Waals surface area contributed by atoms with Gasteiger partial charge in [0.1, 0.15) is 12.1 Å². The van der Waals surface area contributed by atoms with E-state index in [1.807, 2.05) is 0 Å². The fourth-order valence-corrected chi connectivity index (χ4v) is 2.00. The average Bonchev–Trinajstić information content (AvgIpc) is 2.48. The van der Waals surface area contributed by atoms with Crippen LogP contribution in [0.2, 0.25) is 0 Å². The van der Waals surface area contributed by atoms with Crippen molar-refractivity contribution in [2.45, 2.75) is 0 Å². The lowest BCUT2D eigenvalue weighted by atomic mass is 10.2. The smallest absolute Gasteiger partial charge is 0.252 e. The number of hydrogen-bond donors (Lipinski definition) is 2. The maximum atomic E-state index is 11.4. The van der Waals surface area contributed by atoms with Crippen LogP contribution in [0, 0.1) is 0 Å². The van der Waals surface area contributed by atoms with Crippen LogP contribution in [0.3, 0.4) is 0 Å². The van der Waals surface area contributed by atoms with E-state index < -0.39 is 5.91 Å². The van der Waals surface area contributed by atoms with Gasteiger partial charge in [-0.1, -0.05) is 12.1 Å². The van der Waals surface area contributed by atoms with E-state index in [9.17, 15) is 4.79 Å². The predicted octanol–water partition coefficient (Wildman–Crippen LogP) is 2.10. The lowest BCUT2D eigenvalue weighted by Crippen LogP contribution is -2.12. The molecular formula is C15H12N4O2. The number of nitrogen functional groups attached to an aromatic ring is 1. The molecule has 6 heteroatoms. The number of anilines is 1. The van der Waals surface area contributed by atoms with Crippen molar-refractivity contribution in [1.29, 1.82) is 0 Å². The molecule has 3 rings (SSSR count). The van der Waals surface area contributed by atoms with Crippen LogP contribution in [-0.4, -0.2) is 15.9 Å². The maximum absolute atomic E-state index is 11.4. The molecule has 1 amide bonds. The molecule has 0 aliphatic heterocycles. The molecule has 0 saturated heterocycles. The third-order valence-corrected chi connectivity index (χ3v) is 2.98. The molecule has 1 heterocycles. The molecule has 0 aliphatic carbocycles. The number of nitrogens with two attached hydrogens (primary N) is 2. The largest absolute Gasteiger partial charge is 0.437 e. The van der Waals surface area contributed by atoms with Gasteiger partial charge in [0.15, 0.2) is 0 Å². The van der Waals surface area contributed by atoms with Crippen LogP contribution in [0.1, 0.15) is 10.4 Å². The van der Waals surface area contributed by atoms with Gasteiger partial charge in [-0.05, 0) is 30.3 Å². The first kappa shape index (κ1) is 12.9. The van der Waals surface area contributed by atoms with Crippen LogP contribution in [-0.2, 0) is 0 Å². The third kappa shape index (κ3) is 2.46. The van der Waals surface area contributed by atoms with E-state index in [4.69, 9.17) is 16.2 Å². The molecule has 0 bridgehead atoms. The van der Waals surface area contributed by atoms with E-state index in [1.54, 1.807) is 42.5 Å². The van der Waals surface area contributed by atoms with E-state index in [0.29, 0.717) is 28.2 Å². The fourth-order valence-electron chi connectivity index (χ4n) is 2.00. The number of ether oxygens (including phenoxy) is 1. The first-order valence-corrected chi connectivity index (χ1v) is 6.22. The number of benzene rings is 2. The zero-order valence-electron chi connectivity index (χ0n) is 11.0. The minimum atomic E-state index is -0.566. The summed E-state index contributed by atoms with van der Waals surface area (Å²) in [6.07, 6.45) is 1.39. The van der Waals surface area contributed by atoms with Crippen LogP contribution < -0.4 is 16.2 Å². The first-order valence-electron chi connectivity index (χ1n) is 6.22. The first-order chi connectivity index (χ1) is 10.1. The highest BCUT2D eigenvalue weighted by Gasteiger charge is 2.12. The Bertz CT molecular complexity index is 833. The molecule has 4 N–H and O–H groups in total. The summed E-state index contributed by atoms with van der Waals surface area (Å²) in [5, 5.41) is 0.664. The number of carbonyl (C=O) groups is 1. The normalized spacial score (nSPS) is 10.5. The second-order valence-corrected chi connectivity index (χ2v) is 4.42. The van der Waals surface area contributed by atoms with Gasteiger partial charge >= 0.3 is 0 Å². The fraction of sp³-hybridized carbons (Fsp3) is 0. The second-order valence-electron chi connectivity index (χ2n) is 4.42. The lowest BCUT2D eigenvalue weighted by Gasteiger charge is -2.10. The van der Waals surface area contributed by atoms with Crippen molar-refractivity contribution in [3.63, 3.8) is 0 Å². The summed E-state index contributed by atoms with van der Waals surface area (Å²) in [6, 6.07) is 11.9. The van der Waals surface area contributed by atoms with E-state index in [0.717, 1.165) is 0 Å². The Morgan fingerprint density at radius 1 is 1.10 bits per heavy atom. The molecule has 6 nitrogen and oxygen atoms in total. The zero-order chi connectivity index (χ0) is 14.8. The van der Waals surface area contributed by atoms with Crippen LogP contribution in [0.25, 0.3) is 10.9 Å². The number of nitrogens with zero attached hydrogens (tertiary/aromatic N) is 2. The van der Waals surface area contributed by atoms with Crippen molar-refractivity contribution in [3.05, 3.63) is 54.4 Å². The molecule has 0 radical (unpaired) electrons. The van der Waals surface area contributed by atoms with Crippen LogP contribution >= 0.6 is 0 Å². The van der Waals surface area contributed by atoms with Crippen molar-refractivity contribution in [2.75, 3.05) is 5.73 Å². The molecule has 0 aliphatic rings. The van der Waals surface area contributed by atoms with Gasteiger partial charge in [-0.2, -0.15) is 0 Å². The Balaban J connectivity index is 2.11. The standard InChI is InChI=1S/C15H12N4O2/c16-9-5-6-12-11(7-9)15(19-8-18-12)21-13-4-2-1-3-10(13)14(17)20/h1-8H,16H2,(H2,17,20). The number of aromatic nitrogens is 2. The summed E-state index contributed by atoms with van der Waals surface area (Å²) >= 11 is 0. The van der Waals surface area contributed by atoms with Crippen molar-refractivity contribution in [3.8, 4) is 11.6 Å². The minimum absolute atomic E-state index is 0.285. The van der Waals surface area contributed by atoms with Crippen molar-refractivity contribution < 1.29 is 9.53 Å². The Kier molecular flexibility index (Phi) is 3.12. The summed E-state index contributed by atoms with van der Waals surface area (Å²) in [6.45, 7) is 0. The molecule has 2 aromatic carbocycles.